The van der Waals surface area contributed by atoms with Gasteiger partial charge in [-0.2, -0.15) is 0 Å². The summed E-state index contributed by atoms with van der Waals surface area (Å²) in [7, 11) is 4.55. The van der Waals surface area contributed by atoms with E-state index in [0.29, 0.717) is 54.2 Å². The number of methoxy groups -OCH3 is 3. The van der Waals surface area contributed by atoms with Crippen molar-refractivity contribution in [1.29, 1.82) is 0 Å². The van der Waals surface area contributed by atoms with Crippen LogP contribution in [0.25, 0.3) is 6.08 Å². The highest BCUT2D eigenvalue weighted by atomic mass is 35.5. The average Bonchev–Trinajstić information content (AvgIpc) is 3.21. The summed E-state index contributed by atoms with van der Waals surface area (Å²) in [5.74, 6) is 1.32. The number of fused-ring (bicyclic) bond motifs is 1. The third-order valence-electron chi connectivity index (χ3n) is 6.14. The van der Waals surface area contributed by atoms with Crippen LogP contribution >= 0.6 is 22.9 Å². The molecule has 3 aromatic rings. The number of carbonyl (C=O) groups is 1. The van der Waals surface area contributed by atoms with E-state index in [1.165, 1.54) is 30.1 Å². The maximum absolute atomic E-state index is 13.9. The van der Waals surface area contributed by atoms with E-state index in [1.54, 1.807) is 51.3 Å². The van der Waals surface area contributed by atoms with E-state index in [1.807, 2.05) is 19.9 Å². The Morgan fingerprint density at radius 2 is 1.82 bits per heavy atom. The molecule has 0 radical (unpaired) electrons. The van der Waals surface area contributed by atoms with Crippen LogP contribution in [0.1, 0.15) is 44.9 Å². The minimum absolute atomic E-state index is 0.0697. The number of thiazole rings is 1. The van der Waals surface area contributed by atoms with Crippen LogP contribution in [0.5, 0.6) is 23.0 Å². The van der Waals surface area contributed by atoms with Crippen molar-refractivity contribution in [2.24, 2.45) is 4.99 Å². The van der Waals surface area contributed by atoms with Crippen molar-refractivity contribution in [2.45, 2.75) is 39.8 Å². The molecule has 0 fully saturated rings. The fraction of sp³-hybridized carbons (Fsp3) is 0.345. The molecule has 2 aromatic carbocycles. The molecule has 2 heterocycles. The van der Waals surface area contributed by atoms with Gasteiger partial charge in [0.15, 0.2) is 27.8 Å². The van der Waals surface area contributed by atoms with Gasteiger partial charge in [0, 0.05) is 0 Å². The minimum Gasteiger partial charge on any atom is -0.493 e. The van der Waals surface area contributed by atoms with Crippen molar-refractivity contribution in [3.63, 3.8) is 0 Å². The second-order valence-corrected chi connectivity index (χ2v) is 10.5. The van der Waals surface area contributed by atoms with Crippen LogP contribution in [-0.4, -0.2) is 44.6 Å². The molecule has 212 valence electrons. The number of allylic oxidation sites excluding steroid dienone is 1. The lowest BCUT2D eigenvalue weighted by Gasteiger charge is -2.25. The van der Waals surface area contributed by atoms with E-state index in [-0.39, 0.29) is 23.8 Å². The Hall–Kier alpha value is -3.76. The zero-order valence-corrected chi connectivity index (χ0v) is 24.9. The first kappa shape index (κ1) is 29.2. The van der Waals surface area contributed by atoms with Gasteiger partial charge in [0.1, 0.15) is 0 Å². The Balaban J connectivity index is 1.95. The molecule has 0 unspecified atom stereocenters. The van der Waals surface area contributed by atoms with Crippen molar-refractivity contribution in [3.05, 3.63) is 77.4 Å². The summed E-state index contributed by atoms with van der Waals surface area (Å²) in [6.45, 7) is 7.48. The monoisotopic (exact) mass is 586 g/mol. The minimum atomic E-state index is -0.798. The molecular formula is C29H31ClN2O7S. The normalized spacial score (nSPS) is 15.0. The van der Waals surface area contributed by atoms with E-state index < -0.39 is 12.0 Å². The lowest BCUT2D eigenvalue weighted by molar-refractivity contribution is -0.139. The summed E-state index contributed by atoms with van der Waals surface area (Å²) in [6.07, 6.45) is 1.64. The standard InChI is InChI=1S/C29H31ClN2O7S/c1-8-38-28(34)24-16(4)31-29-32(25(24)18-9-10-20(39-15(2)3)21(14-18)35-5)27(33)23(40-29)13-17-11-19(30)26(37-7)22(12-17)36-6/h9-15,25H,8H2,1-7H3/b23-13-/t25-/m1/s1. The van der Waals surface area contributed by atoms with Gasteiger partial charge in [-0.15, -0.1) is 0 Å². The third-order valence-corrected chi connectivity index (χ3v) is 7.40. The predicted octanol–water partition coefficient (Wildman–Crippen LogP) is 4.26. The summed E-state index contributed by atoms with van der Waals surface area (Å²) in [6, 6.07) is 7.97. The Bertz CT molecular complexity index is 1660. The Morgan fingerprint density at radius 1 is 1.10 bits per heavy atom. The molecule has 9 nitrogen and oxygen atoms in total. The largest absolute Gasteiger partial charge is 0.493 e. The van der Waals surface area contributed by atoms with E-state index in [0.717, 1.165) is 0 Å². The van der Waals surface area contributed by atoms with Crippen LogP contribution in [0.2, 0.25) is 5.02 Å². The molecule has 11 heteroatoms. The van der Waals surface area contributed by atoms with Gasteiger partial charge in [-0.25, -0.2) is 9.79 Å². The average molecular weight is 587 g/mol. The van der Waals surface area contributed by atoms with E-state index in [9.17, 15) is 9.59 Å². The SMILES string of the molecule is CCOC(=O)C1=C(C)N=c2s/c(=C\c3cc(Cl)c(OC)c(OC)c3)c(=O)n2[C@@H]1c1ccc(OC(C)C)c(OC)c1. The van der Waals surface area contributed by atoms with Crippen molar-refractivity contribution in [2.75, 3.05) is 27.9 Å². The molecule has 1 aliphatic rings. The fourth-order valence-electron chi connectivity index (χ4n) is 4.49. The van der Waals surface area contributed by atoms with Crippen LogP contribution in [0, 0.1) is 0 Å². The molecule has 0 amide bonds. The van der Waals surface area contributed by atoms with Crippen LogP contribution < -0.4 is 33.8 Å². The molecule has 0 bridgehead atoms. The molecule has 1 aliphatic heterocycles. The topological polar surface area (TPSA) is 97.6 Å². The molecule has 0 N–H and O–H groups in total. The van der Waals surface area contributed by atoms with Crippen LogP contribution in [-0.2, 0) is 9.53 Å². The molecule has 0 spiro atoms. The summed E-state index contributed by atoms with van der Waals surface area (Å²) in [5.41, 5.74) is 1.70. The number of ether oxygens (including phenoxy) is 5. The van der Waals surface area contributed by atoms with Crippen LogP contribution in [0.15, 0.2) is 51.4 Å². The van der Waals surface area contributed by atoms with Gasteiger partial charge in [0.05, 0.1) is 60.9 Å². The highest BCUT2D eigenvalue weighted by molar-refractivity contribution is 7.07. The number of hydrogen-bond donors (Lipinski definition) is 0. The molecule has 1 aromatic heterocycles. The van der Waals surface area contributed by atoms with Crippen molar-refractivity contribution in [1.82, 2.24) is 4.57 Å². The maximum atomic E-state index is 13.9. The van der Waals surface area contributed by atoms with Crippen LogP contribution in [0.4, 0.5) is 0 Å². The number of benzene rings is 2. The summed E-state index contributed by atoms with van der Waals surface area (Å²) in [5, 5.41) is 0.343. The smallest absolute Gasteiger partial charge is 0.338 e. The van der Waals surface area contributed by atoms with Gasteiger partial charge in [0.2, 0.25) is 0 Å². The molecule has 0 aliphatic carbocycles. The van der Waals surface area contributed by atoms with Gasteiger partial charge in [-0.05, 0) is 69.2 Å². The summed E-state index contributed by atoms with van der Waals surface area (Å²) >= 11 is 7.60. The first-order valence-electron chi connectivity index (χ1n) is 12.6. The molecule has 0 saturated carbocycles. The zero-order valence-electron chi connectivity index (χ0n) is 23.4. The number of carbonyl (C=O) groups excluding carboxylic acids is 1. The summed E-state index contributed by atoms with van der Waals surface area (Å²) in [4.78, 5) is 32.2. The Morgan fingerprint density at radius 3 is 2.45 bits per heavy atom. The zero-order chi connectivity index (χ0) is 29.1. The van der Waals surface area contributed by atoms with Gasteiger partial charge < -0.3 is 23.7 Å². The summed E-state index contributed by atoms with van der Waals surface area (Å²) < 4.78 is 29.5. The Labute approximate surface area is 240 Å². The lowest BCUT2D eigenvalue weighted by atomic mass is 9.95. The Kier molecular flexibility index (Phi) is 8.90. The number of aromatic nitrogens is 1. The van der Waals surface area contributed by atoms with Crippen molar-refractivity contribution >= 4 is 35.0 Å². The molecule has 1 atom stereocenters. The van der Waals surface area contributed by atoms with Gasteiger partial charge in [-0.3, -0.25) is 9.36 Å². The molecule has 40 heavy (non-hydrogen) atoms. The molecule has 0 saturated heterocycles. The van der Waals surface area contributed by atoms with E-state index in [2.05, 4.69) is 4.99 Å². The van der Waals surface area contributed by atoms with E-state index in [4.69, 9.17) is 35.3 Å². The predicted molar refractivity (Wildman–Crippen MR) is 154 cm³/mol. The first-order valence-corrected chi connectivity index (χ1v) is 13.8. The van der Waals surface area contributed by atoms with Gasteiger partial charge in [-0.1, -0.05) is 29.0 Å². The second-order valence-electron chi connectivity index (χ2n) is 9.12. The molecule has 4 rings (SSSR count). The lowest BCUT2D eigenvalue weighted by Crippen LogP contribution is -2.40. The third kappa shape index (κ3) is 5.59. The molecular weight excluding hydrogens is 556 g/mol. The van der Waals surface area contributed by atoms with Crippen molar-refractivity contribution < 1.29 is 28.5 Å². The van der Waals surface area contributed by atoms with E-state index >= 15 is 0 Å². The number of halogens is 1. The highest BCUT2D eigenvalue weighted by Gasteiger charge is 2.34. The van der Waals surface area contributed by atoms with Crippen LogP contribution in [0.3, 0.4) is 0 Å². The number of esters is 1. The number of nitrogens with zero attached hydrogens (tertiary/aromatic N) is 2. The number of rotatable bonds is 9. The van der Waals surface area contributed by atoms with Crippen molar-refractivity contribution in [3.8, 4) is 23.0 Å². The maximum Gasteiger partial charge on any atom is 0.338 e. The van der Waals surface area contributed by atoms with Gasteiger partial charge in [0.25, 0.3) is 5.56 Å². The second kappa shape index (κ2) is 12.2. The quantitative estimate of drug-likeness (QED) is 0.346. The number of hydrogen-bond acceptors (Lipinski definition) is 9. The fourth-order valence-corrected chi connectivity index (χ4v) is 5.83. The first-order chi connectivity index (χ1) is 19.1. The van der Waals surface area contributed by atoms with Gasteiger partial charge >= 0.3 is 5.97 Å². The highest BCUT2D eigenvalue weighted by Crippen LogP contribution is 2.37.